The molecule has 0 aromatic heterocycles. The molecule has 0 radical (unpaired) electrons. The van der Waals surface area contributed by atoms with Gasteiger partial charge in [-0.15, -0.1) is 6.42 Å². The van der Waals surface area contributed by atoms with E-state index in [1.165, 1.54) is 0 Å². The summed E-state index contributed by atoms with van der Waals surface area (Å²) in [6, 6.07) is 0.768. The van der Waals surface area contributed by atoms with Gasteiger partial charge in [0.25, 0.3) is 0 Å². The summed E-state index contributed by atoms with van der Waals surface area (Å²) in [6.07, 6.45) is 7.46. The van der Waals surface area contributed by atoms with E-state index in [1.807, 2.05) is 0 Å². The summed E-state index contributed by atoms with van der Waals surface area (Å²) >= 11 is 0. The molecule has 2 unspecified atom stereocenters. The number of terminal acetylenes is 1. The second-order valence-electron chi connectivity index (χ2n) is 5.02. The lowest BCUT2D eigenvalue weighted by molar-refractivity contribution is 0.0955. The molecule has 3 N–H and O–H groups in total. The number of rotatable bonds is 2. The number of hydrogen-bond acceptors (Lipinski definition) is 2. The molecule has 6 heteroatoms. The number of halogens is 2. The zero-order chi connectivity index (χ0) is 15.4. The average molecular weight is 294 g/mol. The van der Waals surface area contributed by atoms with Crippen LogP contribution in [0.25, 0.3) is 0 Å². The zero-order valence-corrected chi connectivity index (χ0v) is 11.3. The van der Waals surface area contributed by atoms with Gasteiger partial charge in [0.1, 0.15) is 5.69 Å². The second-order valence-corrected chi connectivity index (χ2v) is 5.02. The summed E-state index contributed by atoms with van der Waals surface area (Å²) < 4.78 is 27.4. The molecule has 2 amide bonds. The molecular weight excluding hydrogens is 278 g/mol. The molecule has 0 aliphatic heterocycles. The normalized spacial score (nSPS) is 21.4. The van der Waals surface area contributed by atoms with Crippen LogP contribution in [0.1, 0.15) is 31.2 Å². The van der Waals surface area contributed by atoms with Crippen molar-refractivity contribution in [3.05, 3.63) is 29.3 Å². The minimum atomic E-state index is -0.942. The minimum Gasteiger partial charge on any atom is -0.391 e. The fraction of sp³-hybridized carbons (Fsp3) is 0.400. The monoisotopic (exact) mass is 294 g/mol. The first-order valence-electron chi connectivity index (χ1n) is 6.72. The van der Waals surface area contributed by atoms with Crippen molar-refractivity contribution in [2.75, 3.05) is 5.32 Å². The van der Waals surface area contributed by atoms with Crippen LogP contribution in [0, 0.1) is 24.0 Å². The second kappa shape index (κ2) is 6.55. The topological polar surface area (TPSA) is 61.4 Å². The Morgan fingerprint density at radius 3 is 2.48 bits per heavy atom. The number of hydrogen-bond donors (Lipinski definition) is 3. The Kier molecular flexibility index (Phi) is 4.76. The van der Waals surface area contributed by atoms with E-state index in [9.17, 15) is 18.7 Å². The summed E-state index contributed by atoms with van der Waals surface area (Å²) in [7, 11) is 0. The van der Waals surface area contributed by atoms with Crippen molar-refractivity contribution in [2.24, 2.45) is 0 Å². The Labute approximate surface area is 121 Å². The maximum Gasteiger partial charge on any atom is 0.319 e. The summed E-state index contributed by atoms with van der Waals surface area (Å²) in [4.78, 5) is 11.8. The van der Waals surface area contributed by atoms with Crippen LogP contribution in [0.2, 0.25) is 0 Å². The molecular formula is C15H16F2N2O2. The Hall–Kier alpha value is -2.13. The highest BCUT2D eigenvalue weighted by Crippen LogP contribution is 2.21. The van der Waals surface area contributed by atoms with Gasteiger partial charge >= 0.3 is 6.03 Å². The van der Waals surface area contributed by atoms with Crippen LogP contribution in [0.3, 0.4) is 0 Å². The molecule has 0 saturated heterocycles. The molecule has 1 aromatic carbocycles. The molecule has 1 aliphatic rings. The molecule has 1 fully saturated rings. The molecule has 0 spiro atoms. The van der Waals surface area contributed by atoms with Crippen LogP contribution in [-0.4, -0.2) is 23.3 Å². The summed E-state index contributed by atoms with van der Waals surface area (Å²) in [5, 5.41) is 14.4. The molecule has 1 aromatic rings. The van der Waals surface area contributed by atoms with E-state index in [1.54, 1.807) is 0 Å². The van der Waals surface area contributed by atoms with Crippen molar-refractivity contribution in [3.63, 3.8) is 0 Å². The molecule has 0 bridgehead atoms. The summed E-state index contributed by atoms with van der Waals surface area (Å²) in [5.74, 6) is 0.235. The Balaban J connectivity index is 2.04. The number of carbonyl (C=O) groups is 1. The van der Waals surface area contributed by atoms with Crippen molar-refractivity contribution in [3.8, 4) is 12.3 Å². The van der Waals surface area contributed by atoms with Gasteiger partial charge in [-0.2, -0.15) is 0 Å². The maximum atomic E-state index is 13.7. The third-order valence-electron chi connectivity index (χ3n) is 3.49. The van der Waals surface area contributed by atoms with Gasteiger partial charge in [-0.25, -0.2) is 13.6 Å². The van der Waals surface area contributed by atoms with Gasteiger partial charge in [0.15, 0.2) is 11.6 Å². The third-order valence-corrected chi connectivity index (χ3v) is 3.49. The van der Waals surface area contributed by atoms with Gasteiger partial charge in [0, 0.05) is 5.56 Å². The maximum absolute atomic E-state index is 13.7. The number of anilines is 1. The van der Waals surface area contributed by atoms with Crippen LogP contribution in [0.5, 0.6) is 0 Å². The molecule has 0 heterocycles. The van der Waals surface area contributed by atoms with Crippen molar-refractivity contribution in [1.82, 2.24) is 5.32 Å². The SMILES string of the molecule is C#Cc1cc(F)c(NC(=O)NC2CCCCC2O)c(F)c1. The molecule has 2 rings (SSSR count). The molecule has 2 atom stereocenters. The predicted molar refractivity (Wildman–Crippen MR) is 74.7 cm³/mol. The highest BCUT2D eigenvalue weighted by atomic mass is 19.1. The largest absolute Gasteiger partial charge is 0.391 e. The Morgan fingerprint density at radius 2 is 1.90 bits per heavy atom. The number of amides is 2. The van der Waals surface area contributed by atoms with E-state index in [0.717, 1.165) is 25.0 Å². The number of carbonyl (C=O) groups excluding carboxylic acids is 1. The van der Waals surface area contributed by atoms with Gasteiger partial charge in [-0.1, -0.05) is 18.8 Å². The van der Waals surface area contributed by atoms with Crippen molar-refractivity contribution in [2.45, 2.75) is 37.8 Å². The Bertz CT molecular complexity index is 561. The quantitative estimate of drug-likeness (QED) is 0.733. The van der Waals surface area contributed by atoms with E-state index in [2.05, 4.69) is 16.6 Å². The van der Waals surface area contributed by atoms with Crippen LogP contribution in [0.15, 0.2) is 12.1 Å². The van der Waals surface area contributed by atoms with Crippen molar-refractivity contribution >= 4 is 11.7 Å². The zero-order valence-electron chi connectivity index (χ0n) is 11.3. The highest BCUT2D eigenvalue weighted by molar-refractivity contribution is 5.89. The van der Waals surface area contributed by atoms with E-state index in [4.69, 9.17) is 6.42 Å². The van der Waals surface area contributed by atoms with Crippen LogP contribution in [0.4, 0.5) is 19.3 Å². The number of aliphatic hydroxyl groups is 1. The minimum absolute atomic E-state index is 0.0543. The van der Waals surface area contributed by atoms with E-state index in [0.29, 0.717) is 12.8 Å². The standard InChI is InChI=1S/C15H16F2N2O2/c1-2-9-7-10(16)14(11(17)8-9)19-15(21)18-12-5-3-4-6-13(12)20/h1,7-8,12-13,20H,3-6H2,(H2,18,19,21). The molecule has 21 heavy (non-hydrogen) atoms. The van der Waals surface area contributed by atoms with Crippen LogP contribution < -0.4 is 10.6 Å². The summed E-state index contributed by atoms with van der Waals surface area (Å²) in [5.41, 5.74) is -0.504. The van der Waals surface area contributed by atoms with Gasteiger partial charge in [0.2, 0.25) is 0 Å². The molecule has 4 nitrogen and oxygen atoms in total. The smallest absolute Gasteiger partial charge is 0.319 e. The van der Waals surface area contributed by atoms with Crippen LogP contribution in [-0.2, 0) is 0 Å². The van der Waals surface area contributed by atoms with E-state index in [-0.39, 0.29) is 5.56 Å². The first kappa shape index (κ1) is 15.3. The highest BCUT2D eigenvalue weighted by Gasteiger charge is 2.25. The van der Waals surface area contributed by atoms with Gasteiger partial charge in [0.05, 0.1) is 12.1 Å². The fourth-order valence-corrected chi connectivity index (χ4v) is 2.37. The predicted octanol–water partition coefficient (Wildman–Crippen LogP) is 2.37. The van der Waals surface area contributed by atoms with E-state index >= 15 is 0 Å². The molecule has 112 valence electrons. The average Bonchev–Trinajstić information content (AvgIpc) is 2.45. The fourth-order valence-electron chi connectivity index (χ4n) is 2.37. The van der Waals surface area contributed by atoms with E-state index < -0.39 is 35.5 Å². The lowest BCUT2D eigenvalue weighted by Gasteiger charge is -2.28. The molecule has 1 aliphatic carbocycles. The number of urea groups is 1. The van der Waals surface area contributed by atoms with Crippen LogP contribution >= 0.6 is 0 Å². The number of nitrogens with one attached hydrogen (secondary N) is 2. The first-order valence-corrected chi connectivity index (χ1v) is 6.72. The summed E-state index contributed by atoms with van der Waals surface area (Å²) in [6.45, 7) is 0. The Morgan fingerprint density at radius 1 is 1.29 bits per heavy atom. The lowest BCUT2D eigenvalue weighted by Crippen LogP contribution is -2.46. The van der Waals surface area contributed by atoms with Crippen molar-refractivity contribution in [1.29, 1.82) is 0 Å². The molecule has 1 saturated carbocycles. The van der Waals surface area contributed by atoms with Gasteiger partial charge < -0.3 is 15.7 Å². The van der Waals surface area contributed by atoms with Gasteiger partial charge in [-0.3, -0.25) is 0 Å². The lowest BCUT2D eigenvalue weighted by atomic mass is 9.93. The first-order chi connectivity index (χ1) is 10.0. The number of aliphatic hydroxyl groups excluding tert-OH is 1. The van der Waals surface area contributed by atoms with Gasteiger partial charge in [-0.05, 0) is 25.0 Å². The van der Waals surface area contributed by atoms with Crippen molar-refractivity contribution < 1.29 is 18.7 Å². The third kappa shape index (κ3) is 3.70. The number of benzene rings is 1.